The van der Waals surface area contributed by atoms with Crippen LogP contribution in [-0.2, 0) is 0 Å². The SMILES string of the molecule is CC(C1CC1)N1CCN(C(=O)NC(C)(C)C)CC1. The van der Waals surface area contributed by atoms with Crippen molar-refractivity contribution in [3.05, 3.63) is 0 Å². The molecule has 1 N–H and O–H groups in total. The summed E-state index contributed by atoms with van der Waals surface area (Å²) in [6.07, 6.45) is 2.79. The van der Waals surface area contributed by atoms with Crippen molar-refractivity contribution < 1.29 is 4.79 Å². The highest BCUT2D eigenvalue weighted by Gasteiger charge is 2.34. The monoisotopic (exact) mass is 253 g/mol. The second-order valence-corrected chi connectivity index (χ2v) is 6.78. The Labute approximate surface area is 111 Å². The zero-order valence-corrected chi connectivity index (χ0v) is 12.2. The van der Waals surface area contributed by atoms with E-state index >= 15 is 0 Å². The minimum atomic E-state index is -0.143. The van der Waals surface area contributed by atoms with Gasteiger partial charge in [-0.25, -0.2) is 4.79 Å². The van der Waals surface area contributed by atoms with Gasteiger partial charge in [0.1, 0.15) is 0 Å². The molecule has 0 aromatic carbocycles. The van der Waals surface area contributed by atoms with Crippen LogP contribution in [0.2, 0.25) is 0 Å². The van der Waals surface area contributed by atoms with E-state index in [0.29, 0.717) is 6.04 Å². The second kappa shape index (κ2) is 5.08. The maximum Gasteiger partial charge on any atom is 0.317 e. The molecule has 4 nitrogen and oxygen atoms in total. The fourth-order valence-corrected chi connectivity index (χ4v) is 2.61. The smallest absolute Gasteiger partial charge is 0.317 e. The van der Waals surface area contributed by atoms with Crippen molar-refractivity contribution in [2.24, 2.45) is 5.92 Å². The molecular weight excluding hydrogens is 226 g/mol. The van der Waals surface area contributed by atoms with Crippen molar-refractivity contribution in [2.45, 2.75) is 52.1 Å². The minimum Gasteiger partial charge on any atom is -0.333 e. The van der Waals surface area contributed by atoms with Gasteiger partial charge in [-0.1, -0.05) is 0 Å². The third-order valence-corrected chi connectivity index (χ3v) is 3.96. The van der Waals surface area contributed by atoms with E-state index < -0.39 is 0 Å². The summed E-state index contributed by atoms with van der Waals surface area (Å²) in [7, 11) is 0. The Balaban J connectivity index is 1.77. The summed E-state index contributed by atoms with van der Waals surface area (Å²) < 4.78 is 0. The molecule has 2 aliphatic rings. The Morgan fingerprint density at radius 2 is 1.72 bits per heavy atom. The van der Waals surface area contributed by atoms with E-state index in [-0.39, 0.29) is 11.6 Å². The van der Waals surface area contributed by atoms with Gasteiger partial charge in [-0.15, -0.1) is 0 Å². The van der Waals surface area contributed by atoms with E-state index in [1.165, 1.54) is 12.8 Å². The van der Waals surface area contributed by atoms with Crippen LogP contribution < -0.4 is 5.32 Å². The molecule has 0 aromatic heterocycles. The van der Waals surface area contributed by atoms with Gasteiger partial charge < -0.3 is 10.2 Å². The highest BCUT2D eigenvalue weighted by molar-refractivity contribution is 5.75. The number of hydrogen-bond donors (Lipinski definition) is 1. The van der Waals surface area contributed by atoms with Gasteiger partial charge in [-0.3, -0.25) is 4.90 Å². The predicted octanol–water partition coefficient (Wildman–Crippen LogP) is 1.91. The Kier molecular flexibility index (Phi) is 3.85. The summed E-state index contributed by atoms with van der Waals surface area (Å²) in [4.78, 5) is 16.5. The average molecular weight is 253 g/mol. The standard InChI is InChI=1S/C14H27N3O/c1-11(12-5-6-12)16-7-9-17(10-8-16)13(18)15-14(2,3)4/h11-12H,5-10H2,1-4H3,(H,15,18). The lowest BCUT2D eigenvalue weighted by molar-refractivity contribution is 0.103. The molecule has 2 amide bonds. The Bertz CT molecular complexity index is 299. The summed E-state index contributed by atoms with van der Waals surface area (Å²) in [6.45, 7) is 12.2. The molecular formula is C14H27N3O. The summed E-state index contributed by atoms with van der Waals surface area (Å²) >= 11 is 0. The number of carbonyl (C=O) groups is 1. The van der Waals surface area contributed by atoms with E-state index in [4.69, 9.17) is 0 Å². The molecule has 104 valence electrons. The van der Waals surface area contributed by atoms with Crippen molar-refractivity contribution >= 4 is 6.03 Å². The van der Waals surface area contributed by atoms with Gasteiger partial charge in [0.05, 0.1) is 0 Å². The van der Waals surface area contributed by atoms with Crippen LogP contribution in [0.1, 0.15) is 40.5 Å². The van der Waals surface area contributed by atoms with Gasteiger partial charge in [0.2, 0.25) is 0 Å². The lowest BCUT2D eigenvalue weighted by atomic mass is 10.1. The fraction of sp³-hybridized carbons (Fsp3) is 0.929. The molecule has 4 heteroatoms. The van der Waals surface area contributed by atoms with E-state index in [0.717, 1.165) is 32.1 Å². The summed E-state index contributed by atoms with van der Waals surface area (Å²) in [5, 5.41) is 3.04. The predicted molar refractivity (Wildman–Crippen MR) is 73.6 cm³/mol. The summed E-state index contributed by atoms with van der Waals surface area (Å²) in [5.41, 5.74) is -0.143. The van der Waals surface area contributed by atoms with E-state index in [9.17, 15) is 4.79 Å². The minimum absolute atomic E-state index is 0.0845. The van der Waals surface area contributed by atoms with Gasteiger partial charge >= 0.3 is 6.03 Å². The largest absolute Gasteiger partial charge is 0.333 e. The normalized spacial score (nSPS) is 23.9. The van der Waals surface area contributed by atoms with Crippen LogP contribution in [-0.4, -0.2) is 53.6 Å². The lowest BCUT2D eigenvalue weighted by Crippen LogP contribution is -2.56. The van der Waals surface area contributed by atoms with Crippen molar-refractivity contribution in [3.63, 3.8) is 0 Å². The first kappa shape index (κ1) is 13.7. The van der Waals surface area contributed by atoms with Crippen LogP contribution in [0.25, 0.3) is 0 Å². The molecule has 0 bridgehead atoms. The quantitative estimate of drug-likeness (QED) is 0.816. The van der Waals surface area contributed by atoms with Gasteiger partial charge in [-0.05, 0) is 46.5 Å². The number of urea groups is 1. The third-order valence-electron chi connectivity index (χ3n) is 3.96. The number of hydrogen-bond acceptors (Lipinski definition) is 2. The topological polar surface area (TPSA) is 35.6 Å². The van der Waals surface area contributed by atoms with Crippen molar-refractivity contribution in [1.29, 1.82) is 0 Å². The number of rotatable bonds is 2. The van der Waals surface area contributed by atoms with Gasteiger partial charge in [0.25, 0.3) is 0 Å². The maximum atomic E-state index is 12.0. The highest BCUT2D eigenvalue weighted by atomic mass is 16.2. The van der Waals surface area contributed by atoms with E-state index in [2.05, 4.69) is 17.1 Å². The lowest BCUT2D eigenvalue weighted by Gasteiger charge is -2.39. The molecule has 0 aromatic rings. The highest BCUT2D eigenvalue weighted by Crippen LogP contribution is 2.35. The number of nitrogens with one attached hydrogen (secondary N) is 1. The Morgan fingerprint density at radius 1 is 1.17 bits per heavy atom. The molecule has 1 saturated carbocycles. The third kappa shape index (κ3) is 3.61. The van der Waals surface area contributed by atoms with Crippen LogP contribution >= 0.6 is 0 Å². The van der Waals surface area contributed by atoms with E-state index in [1.54, 1.807) is 0 Å². The molecule has 1 unspecified atom stereocenters. The average Bonchev–Trinajstić information content (AvgIpc) is 3.10. The van der Waals surface area contributed by atoms with Gasteiger partial charge in [0.15, 0.2) is 0 Å². The van der Waals surface area contributed by atoms with Gasteiger partial charge in [0, 0.05) is 37.8 Å². The maximum absolute atomic E-state index is 12.0. The molecule has 0 radical (unpaired) electrons. The molecule has 1 aliphatic carbocycles. The number of piperazine rings is 1. The molecule has 1 atom stereocenters. The second-order valence-electron chi connectivity index (χ2n) is 6.78. The van der Waals surface area contributed by atoms with Gasteiger partial charge in [-0.2, -0.15) is 0 Å². The molecule has 1 saturated heterocycles. The molecule has 0 spiro atoms. The fourth-order valence-electron chi connectivity index (χ4n) is 2.61. The molecule has 18 heavy (non-hydrogen) atoms. The Hall–Kier alpha value is -0.770. The number of amides is 2. The number of nitrogens with zero attached hydrogens (tertiary/aromatic N) is 2. The van der Waals surface area contributed by atoms with E-state index in [1.807, 2.05) is 25.7 Å². The van der Waals surface area contributed by atoms with Crippen LogP contribution in [0.5, 0.6) is 0 Å². The van der Waals surface area contributed by atoms with Crippen LogP contribution in [0, 0.1) is 5.92 Å². The summed E-state index contributed by atoms with van der Waals surface area (Å²) in [5.74, 6) is 0.917. The van der Waals surface area contributed by atoms with Crippen molar-refractivity contribution in [1.82, 2.24) is 15.1 Å². The Morgan fingerprint density at radius 3 is 2.17 bits per heavy atom. The summed E-state index contributed by atoms with van der Waals surface area (Å²) in [6, 6.07) is 0.791. The molecule has 2 rings (SSSR count). The van der Waals surface area contributed by atoms with Crippen LogP contribution in [0.3, 0.4) is 0 Å². The molecule has 2 fully saturated rings. The number of carbonyl (C=O) groups excluding carboxylic acids is 1. The van der Waals surface area contributed by atoms with Crippen molar-refractivity contribution in [2.75, 3.05) is 26.2 Å². The van der Waals surface area contributed by atoms with Crippen molar-refractivity contribution in [3.8, 4) is 0 Å². The first-order valence-electron chi connectivity index (χ1n) is 7.18. The first-order chi connectivity index (χ1) is 8.37. The molecule has 1 heterocycles. The first-order valence-corrected chi connectivity index (χ1v) is 7.18. The zero-order chi connectivity index (χ0) is 13.3. The van der Waals surface area contributed by atoms with Crippen LogP contribution in [0.4, 0.5) is 4.79 Å². The molecule has 1 aliphatic heterocycles. The zero-order valence-electron chi connectivity index (χ0n) is 12.2. The van der Waals surface area contributed by atoms with Crippen LogP contribution in [0.15, 0.2) is 0 Å².